The average Bonchev–Trinajstić information content (AvgIpc) is 2.98. The van der Waals surface area contributed by atoms with Gasteiger partial charge in [0.1, 0.15) is 5.65 Å². The van der Waals surface area contributed by atoms with Crippen LogP contribution in [0.1, 0.15) is 16.8 Å². The van der Waals surface area contributed by atoms with E-state index in [1.54, 1.807) is 13.1 Å². The molecule has 1 N–H and O–H groups in total. The molecule has 0 fully saturated rings. The van der Waals surface area contributed by atoms with Crippen LogP contribution in [0.25, 0.3) is 23.0 Å². The van der Waals surface area contributed by atoms with Crippen molar-refractivity contribution in [2.75, 3.05) is 20.2 Å². The van der Waals surface area contributed by atoms with E-state index in [1.807, 2.05) is 48.7 Å². The highest BCUT2D eigenvalue weighted by Crippen LogP contribution is 2.26. The second-order valence-corrected chi connectivity index (χ2v) is 6.46. The smallest absolute Gasteiger partial charge is 0.246 e. The average molecular weight is 349 g/mol. The van der Waals surface area contributed by atoms with Gasteiger partial charge in [0.05, 0.1) is 18.0 Å². The number of aliphatic hydroxyl groups is 1. The van der Waals surface area contributed by atoms with Gasteiger partial charge in [0, 0.05) is 31.4 Å². The number of aliphatic hydroxyl groups excluding tert-OH is 1. The van der Waals surface area contributed by atoms with Gasteiger partial charge in [0.15, 0.2) is 0 Å². The molecule has 0 bridgehead atoms. The third-order valence-corrected chi connectivity index (χ3v) is 4.34. The lowest BCUT2D eigenvalue weighted by molar-refractivity contribution is -0.125. The molecule has 0 radical (unpaired) electrons. The molecule has 0 saturated carbocycles. The minimum absolute atomic E-state index is 0.0560. The number of fused-ring (bicyclic) bond motifs is 1. The van der Waals surface area contributed by atoms with E-state index in [0.717, 1.165) is 28.2 Å². The molecular weight excluding hydrogens is 326 g/mol. The Hall–Kier alpha value is -2.92. The van der Waals surface area contributed by atoms with E-state index in [9.17, 15) is 4.79 Å². The Bertz CT molecular complexity index is 955. The first-order valence-corrected chi connectivity index (χ1v) is 8.59. The highest BCUT2D eigenvalue weighted by molar-refractivity contribution is 5.92. The van der Waals surface area contributed by atoms with Crippen molar-refractivity contribution in [3.05, 3.63) is 65.5 Å². The van der Waals surface area contributed by atoms with E-state index < -0.39 is 0 Å². The molecule has 2 aromatic heterocycles. The zero-order valence-electron chi connectivity index (χ0n) is 15.3. The second kappa shape index (κ2) is 7.54. The number of hydrogen-bond acceptors (Lipinski definition) is 3. The number of pyridine rings is 1. The number of aromatic nitrogens is 2. The summed E-state index contributed by atoms with van der Waals surface area (Å²) in [5, 5.41) is 8.99. The van der Waals surface area contributed by atoms with Crippen molar-refractivity contribution < 1.29 is 9.90 Å². The number of hydrogen-bond donors (Lipinski definition) is 1. The van der Waals surface area contributed by atoms with Crippen LogP contribution in [0.3, 0.4) is 0 Å². The fourth-order valence-corrected chi connectivity index (χ4v) is 2.79. The number of likely N-dealkylation sites (N-methyl/N-ethyl adjacent to an activating group) is 1. The quantitative estimate of drug-likeness (QED) is 0.720. The molecule has 0 saturated heterocycles. The molecule has 1 aromatic carbocycles. The summed E-state index contributed by atoms with van der Waals surface area (Å²) in [7, 11) is 1.67. The van der Waals surface area contributed by atoms with Gasteiger partial charge in [0.2, 0.25) is 5.91 Å². The molecule has 0 aliphatic heterocycles. The third-order valence-electron chi connectivity index (χ3n) is 4.34. The molecule has 5 nitrogen and oxygen atoms in total. The standard InChI is InChI=1S/C21H23N3O2/c1-15-4-6-17(7-5-15)21-18(8-9-20(26)23(3)12-13-25)24-11-10-16(2)14-19(24)22-21/h4-11,14,25H,12-13H2,1-3H3/b9-8+. The summed E-state index contributed by atoms with van der Waals surface area (Å²) in [5.74, 6) is -0.157. The minimum Gasteiger partial charge on any atom is -0.395 e. The van der Waals surface area contributed by atoms with E-state index >= 15 is 0 Å². The summed E-state index contributed by atoms with van der Waals surface area (Å²) < 4.78 is 1.98. The second-order valence-electron chi connectivity index (χ2n) is 6.46. The molecule has 0 spiro atoms. The van der Waals surface area contributed by atoms with E-state index in [0.29, 0.717) is 6.54 Å². The number of benzene rings is 1. The predicted octanol–water partition coefficient (Wildman–Crippen LogP) is 3.08. The molecule has 1 amide bonds. The van der Waals surface area contributed by atoms with Crippen LogP contribution in [0.5, 0.6) is 0 Å². The number of rotatable bonds is 5. The molecule has 26 heavy (non-hydrogen) atoms. The van der Waals surface area contributed by atoms with Crippen LogP contribution < -0.4 is 0 Å². The molecule has 2 heterocycles. The maximum Gasteiger partial charge on any atom is 0.246 e. The highest BCUT2D eigenvalue weighted by atomic mass is 16.3. The van der Waals surface area contributed by atoms with Crippen LogP contribution in [0.2, 0.25) is 0 Å². The predicted molar refractivity (Wildman–Crippen MR) is 104 cm³/mol. The number of carbonyl (C=O) groups excluding carboxylic acids is 1. The zero-order chi connectivity index (χ0) is 18.7. The lowest BCUT2D eigenvalue weighted by Gasteiger charge is -2.12. The van der Waals surface area contributed by atoms with E-state index in [-0.39, 0.29) is 12.5 Å². The van der Waals surface area contributed by atoms with Gasteiger partial charge in [-0.25, -0.2) is 4.98 Å². The molecule has 0 aliphatic carbocycles. The Morgan fingerprint density at radius 2 is 1.92 bits per heavy atom. The first-order chi connectivity index (χ1) is 12.5. The number of imidazole rings is 1. The summed E-state index contributed by atoms with van der Waals surface area (Å²) in [6.45, 7) is 4.33. The molecular formula is C21H23N3O2. The summed E-state index contributed by atoms with van der Waals surface area (Å²) in [6.07, 6.45) is 5.29. The van der Waals surface area contributed by atoms with E-state index in [1.165, 1.54) is 16.5 Å². The van der Waals surface area contributed by atoms with E-state index in [2.05, 4.69) is 12.1 Å². The Kier molecular flexibility index (Phi) is 5.19. The molecule has 0 unspecified atom stereocenters. The molecule has 134 valence electrons. The summed E-state index contributed by atoms with van der Waals surface area (Å²) in [4.78, 5) is 18.5. The van der Waals surface area contributed by atoms with Gasteiger partial charge < -0.3 is 10.0 Å². The van der Waals surface area contributed by atoms with Gasteiger partial charge in [-0.3, -0.25) is 9.20 Å². The Morgan fingerprint density at radius 3 is 2.62 bits per heavy atom. The third kappa shape index (κ3) is 3.68. The minimum atomic E-state index is -0.157. The monoisotopic (exact) mass is 349 g/mol. The van der Waals surface area contributed by atoms with Crippen LogP contribution >= 0.6 is 0 Å². The van der Waals surface area contributed by atoms with Crippen molar-refractivity contribution >= 4 is 17.6 Å². The maximum absolute atomic E-state index is 12.2. The number of amides is 1. The van der Waals surface area contributed by atoms with Gasteiger partial charge in [0.25, 0.3) is 0 Å². The van der Waals surface area contributed by atoms with Crippen LogP contribution in [-0.4, -0.2) is 45.5 Å². The Labute approximate surface area is 153 Å². The van der Waals surface area contributed by atoms with Gasteiger partial charge in [-0.15, -0.1) is 0 Å². The molecule has 0 aliphatic rings. The van der Waals surface area contributed by atoms with Crippen molar-refractivity contribution in [2.24, 2.45) is 0 Å². The van der Waals surface area contributed by atoms with Crippen molar-refractivity contribution in [3.63, 3.8) is 0 Å². The summed E-state index contributed by atoms with van der Waals surface area (Å²) in [6, 6.07) is 12.2. The summed E-state index contributed by atoms with van der Waals surface area (Å²) >= 11 is 0. The maximum atomic E-state index is 12.2. The normalized spacial score (nSPS) is 11.4. The Balaban J connectivity index is 2.08. The van der Waals surface area contributed by atoms with Crippen LogP contribution in [-0.2, 0) is 4.79 Å². The topological polar surface area (TPSA) is 57.8 Å². The zero-order valence-corrected chi connectivity index (χ0v) is 15.3. The SMILES string of the molecule is Cc1ccc(-c2nc3cc(C)ccn3c2/C=C/C(=O)N(C)CCO)cc1. The van der Waals surface area contributed by atoms with Gasteiger partial charge in [-0.2, -0.15) is 0 Å². The summed E-state index contributed by atoms with van der Waals surface area (Å²) in [5.41, 5.74) is 5.86. The van der Waals surface area contributed by atoms with Crippen molar-refractivity contribution in [1.82, 2.24) is 14.3 Å². The van der Waals surface area contributed by atoms with Crippen LogP contribution in [0.4, 0.5) is 0 Å². The molecule has 5 heteroatoms. The van der Waals surface area contributed by atoms with Crippen LogP contribution in [0, 0.1) is 13.8 Å². The fraction of sp³-hybridized carbons (Fsp3) is 0.238. The first-order valence-electron chi connectivity index (χ1n) is 8.59. The lowest BCUT2D eigenvalue weighted by atomic mass is 10.1. The largest absolute Gasteiger partial charge is 0.395 e. The first kappa shape index (κ1) is 17.9. The van der Waals surface area contributed by atoms with Gasteiger partial charge >= 0.3 is 0 Å². The number of nitrogens with zero attached hydrogens (tertiary/aromatic N) is 3. The van der Waals surface area contributed by atoms with Gasteiger partial charge in [-0.05, 0) is 37.6 Å². The van der Waals surface area contributed by atoms with E-state index in [4.69, 9.17) is 10.1 Å². The van der Waals surface area contributed by atoms with Crippen molar-refractivity contribution in [1.29, 1.82) is 0 Å². The molecule has 3 aromatic rings. The number of aryl methyl sites for hydroxylation is 2. The van der Waals surface area contributed by atoms with Crippen molar-refractivity contribution in [3.8, 4) is 11.3 Å². The highest BCUT2D eigenvalue weighted by Gasteiger charge is 2.13. The fourth-order valence-electron chi connectivity index (χ4n) is 2.79. The van der Waals surface area contributed by atoms with Crippen LogP contribution in [0.15, 0.2) is 48.7 Å². The lowest BCUT2D eigenvalue weighted by Crippen LogP contribution is -2.27. The van der Waals surface area contributed by atoms with Gasteiger partial charge in [-0.1, -0.05) is 29.8 Å². The molecule has 3 rings (SSSR count). The Morgan fingerprint density at radius 1 is 1.19 bits per heavy atom. The molecule has 0 atom stereocenters. The number of carbonyl (C=O) groups is 1. The van der Waals surface area contributed by atoms with Crippen molar-refractivity contribution in [2.45, 2.75) is 13.8 Å².